The van der Waals surface area contributed by atoms with Gasteiger partial charge in [-0.25, -0.2) is 0 Å². The average molecular weight is 491 g/mol. The molecule has 0 atom stereocenters. The summed E-state index contributed by atoms with van der Waals surface area (Å²) in [7, 11) is 0. The molecule has 1 aromatic rings. The van der Waals surface area contributed by atoms with Crippen molar-refractivity contribution in [1.82, 2.24) is 4.98 Å². The summed E-state index contributed by atoms with van der Waals surface area (Å²) in [5.74, 6) is 0.536. The maximum absolute atomic E-state index is 5.74. The number of aryl methyl sites for hydroxylation is 1. The minimum atomic E-state index is 0. The van der Waals surface area contributed by atoms with Crippen molar-refractivity contribution in [2.24, 2.45) is 5.92 Å². The van der Waals surface area contributed by atoms with Crippen LogP contribution in [-0.4, -0.2) is 57.8 Å². The molecule has 11 heteroatoms. The topological polar surface area (TPSA) is 217 Å². The quantitative estimate of drug-likeness (QED) is 0.446. The van der Waals surface area contributed by atoms with Gasteiger partial charge in [0.1, 0.15) is 0 Å². The minimum Gasteiger partial charge on any atom is -0.693 e. The number of hydrogen-bond acceptors (Lipinski definition) is 5. The number of nitrogens with two attached hydrogens (primary N) is 5. The molecule has 10 nitrogen and oxygen atoms in total. The molecule has 1 radical (unpaired) electrons. The smallest absolute Gasteiger partial charge is 0.693 e. The van der Waals surface area contributed by atoms with Gasteiger partial charge in [-0.3, -0.25) is 4.98 Å². The predicted molar refractivity (Wildman–Crippen MR) is 111 cm³/mol. The third-order valence-electron chi connectivity index (χ3n) is 3.54. The maximum Gasteiger partial charge on any atom is 5.00 e. The summed E-state index contributed by atoms with van der Waals surface area (Å²) in [5, 5.41) is 0. The van der Waals surface area contributed by atoms with Crippen molar-refractivity contribution in [1.29, 1.82) is 0 Å². The van der Waals surface area contributed by atoms with E-state index in [2.05, 4.69) is 24.9 Å². The molecule has 0 spiro atoms. The largest absolute Gasteiger partial charge is 5.00 e. The van der Waals surface area contributed by atoms with Crippen LogP contribution >= 0.6 is 0 Å². The molecule has 0 bridgehead atoms. The second-order valence-corrected chi connectivity index (χ2v) is 5.86. The molecule has 167 valence electrons. The summed E-state index contributed by atoms with van der Waals surface area (Å²) in [6, 6.07) is 4.09. The van der Waals surface area contributed by atoms with Gasteiger partial charge in [-0.05, 0) is 24.6 Å². The standard InChI is InChI=1S/C17H27NO4.5H2N.Ru/c1-14-3-4-18-17(9-14)16-12-21-7-5-19-10-15(2)11-20-6-8-22-13-16;;;;;;/h3-4,9,15-16H,5-8,10-13H2,1-2H3;5*1H2;/q;5*-1;+5. The molecular weight excluding hydrogens is 453 g/mol. The van der Waals surface area contributed by atoms with Crippen LogP contribution < -0.4 is 0 Å². The van der Waals surface area contributed by atoms with Crippen LogP contribution in [0.3, 0.4) is 0 Å². The Bertz CT molecular complexity index is 432. The average Bonchev–Trinajstić information content (AvgIpc) is 2.51. The fraction of sp³-hybridized carbons (Fsp3) is 0.706. The monoisotopic (exact) mass is 491 g/mol. The van der Waals surface area contributed by atoms with Crippen LogP contribution in [0.4, 0.5) is 0 Å². The Morgan fingerprint density at radius 1 is 0.786 bits per heavy atom. The number of rotatable bonds is 1. The zero-order valence-corrected chi connectivity index (χ0v) is 18.6. The van der Waals surface area contributed by atoms with Crippen molar-refractivity contribution in [3.05, 3.63) is 60.3 Å². The molecule has 10 N–H and O–H groups in total. The van der Waals surface area contributed by atoms with Crippen LogP contribution in [-0.2, 0) is 38.4 Å². The van der Waals surface area contributed by atoms with Gasteiger partial charge in [0, 0.05) is 23.7 Å². The van der Waals surface area contributed by atoms with E-state index in [0.29, 0.717) is 58.8 Å². The first-order valence-corrected chi connectivity index (χ1v) is 7.99. The van der Waals surface area contributed by atoms with E-state index < -0.39 is 0 Å². The van der Waals surface area contributed by atoms with Gasteiger partial charge in [0.25, 0.3) is 0 Å². The van der Waals surface area contributed by atoms with Crippen LogP contribution in [0.25, 0.3) is 30.8 Å². The molecular formula is C17H37N6O4Ru. The van der Waals surface area contributed by atoms with E-state index in [-0.39, 0.29) is 56.1 Å². The van der Waals surface area contributed by atoms with Crippen molar-refractivity contribution in [2.75, 3.05) is 52.9 Å². The van der Waals surface area contributed by atoms with E-state index in [1.54, 1.807) is 0 Å². The number of nitrogens with zero attached hydrogens (tertiary/aromatic N) is 1. The number of pyridine rings is 1. The Kier molecular flexibility index (Phi) is 30.9. The molecule has 2 rings (SSSR count). The summed E-state index contributed by atoms with van der Waals surface area (Å²) in [6.07, 6.45) is 1.84. The Balaban J connectivity index is -0.000000294. The van der Waals surface area contributed by atoms with Crippen molar-refractivity contribution in [3.63, 3.8) is 0 Å². The molecule has 2 heterocycles. The van der Waals surface area contributed by atoms with Gasteiger partial charge in [-0.1, -0.05) is 6.92 Å². The number of ether oxygens (including phenoxy) is 4. The van der Waals surface area contributed by atoms with Crippen LogP contribution in [0, 0.1) is 12.8 Å². The van der Waals surface area contributed by atoms with E-state index in [0.717, 1.165) is 5.69 Å². The van der Waals surface area contributed by atoms with Crippen LogP contribution in [0.1, 0.15) is 24.1 Å². The van der Waals surface area contributed by atoms with E-state index in [9.17, 15) is 0 Å². The molecule has 0 amide bonds. The molecule has 1 aromatic heterocycles. The van der Waals surface area contributed by atoms with Crippen molar-refractivity contribution in [2.45, 2.75) is 19.8 Å². The van der Waals surface area contributed by atoms with E-state index in [4.69, 9.17) is 18.9 Å². The van der Waals surface area contributed by atoms with Crippen LogP contribution in [0.5, 0.6) is 0 Å². The molecule has 1 fully saturated rings. The maximum atomic E-state index is 5.74. The van der Waals surface area contributed by atoms with E-state index >= 15 is 0 Å². The molecule has 0 saturated carbocycles. The SMILES string of the molecule is Cc1ccnc(C2COCCOCC(C)COCCOC2)c1.[NH2-].[NH2-].[NH2-].[NH2-].[NH2-].[Ru+5]. The second-order valence-electron chi connectivity index (χ2n) is 5.86. The third-order valence-corrected chi connectivity index (χ3v) is 3.54. The Hall–Kier alpha value is -0.587. The molecule has 28 heavy (non-hydrogen) atoms. The van der Waals surface area contributed by atoms with E-state index in [1.165, 1.54) is 5.56 Å². The van der Waals surface area contributed by atoms with Crippen molar-refractivity contribution >= 4 is 0 Å². The third kappa shape index (κ3) is 15.3. The molecule has 1 saturated heterocycles. The summed E-state index contributed by atoms with van der Waals surface area (Å²) >= 11 is 0. The molecule has 1 aliphatic rings. The fourth-order valence-corrected chi connectivity index (χ4v) is 2.31. The van der Waals surface area contributed by atoms with Gasteiger partial charge < -0.3 is 49.7 Å². The predicted octanol–water partition coefficient (Wildman–Crippen LogP) is 5.77. The normalized spacial score (nSPS) is 20.6. The van der Waals surface area contributed by atoms with Crippen LogP contribution in [0.15, 0.2) is 18.3 Å². The number of aromatic nitrogens is 1. The Labute approximate surface area is 182 Å². The van der Waals surface area contributed by atoms with E-state index in [1.807, 2.05) is 12.3 Å². The first kappa shape index (κ1) is 38.1. The van der Waals surface area contributed by atoms with Crippen molar-refractivity contribution in [3.8, 4) is 0 Å². The van der Waals surface area contributed by atoms with Gasteiger partial charge in [0.15, 0.2) is 0 Å². The molecule has 1 aliphatic heterocycles. The summed E-state index contributed by atoms with van der Waals surface area (Å²) in [5.41, 5.74) is 2.22. The fourth-order valence-electron chi connectivity index (χ4n) is 2.31. The Morgan fingerprint density at radius 3 is 1.64 bits per heavy atom. The second kappa shape index (κ2) is 22.7. The molecule has 0 aromatic carbocycles. The summed E-state index contributed by atoms with van der Waals surface area (Å²) in [6.45, 7) is 9.18. The first-order valence-electron chi connectivity index (χ1n) is 7.99. The van der Waals surface area contributed by atoms with Gasteiger partial charge in [0.2, 0.25) is 0 Å². The van der Waals surface area contributed by atoms with Gasteiger partial charge in [-0.2, -0.15) is 0 Å². The molecule has 0 aliphatic carbocycles. The van der Waals surface area contributed by atoms with Gasteiger partial charge >= 0.3 is 19.5 Å². The summed E-state index contributed by atoms with van der Waals surface area (Å²) in [4.78, 5) is 4.45. The zero-order valence-electron chi connectivity index (χ0n) is 16.9. The summed E-state index contributed by atoms with van der Waals surface area (Å²) < 4.78 is 22.7. The Morgan fingerprint density at radius 2 is 1.21 bits per heavy atom. The first-order chi connectivity index (χ1) is 10.8. The zero-order chi connectivity index (χ0) is 15.6. The van der Waals surface area contributed by atoms with Crippen LogP contribution in [0.2, 0.25) is 0 Å². The van der Waals surface area contributed by atoms with Gasteiger partial charge in [0.05, 0.1) is 52.9 Å². The van der Waals surface area contributed by atoms with Gasteiger partial charge in [-0.15, -0.1) is 0 Å². The van der Waals surface area contributed by atoms with Crippen molar-refractivity contribution < 1.29 is 38.4 Å². The number of hydrogen-bond donors (Lipinski definition) is 0. The minimum absolute atomic E-state index is 0. The molecule has 0 unspecified atom stereocenters.